The minimum Gasteiger partial charge on any atom is -0.353 e. The van der Waals surface area contributed by atoms with Crippen molar-refractivity contribution in [2.75, 3.05) is 32.7 Å². The van der Waals surface area contributed by atoms with Crippen LogP contribution in [0.4, 0.5) is 0 Å². The van der Waals surface area contributed by atoms with Crippen molar-refractivity contribution in [3.63, 3.8) is 0 Å². The third kappa shape index (κ3) is 5.31. The lowest BCUT2D eigenvalue weighted by Crippen LogP contribution is -2.49. The summed E-state index contributed by atoms with van der Waals surface area (Å²) < 4.78 is 27.9. The SMILES string of the molecule is O=C(NC1CCN(CC2CCCC2)CC1)C1CCN(S(=O)(=O)c2ccc3ccccc3c2)CC1. The summed E-state index contributed by atoms with van der Waals surface area (Å²) in [6.07, 6.45) is 8.75. The number of nitrogens with zero attached hydrogens (tertiary/aromatic N) is 2. The summed E-state index contributed by atoms with van der Waals surface area (Å²) in [7, 11) is -3.55. The lowest BCUT2D eigenvalue weighted by atomic mass is 9.95. The Hall–Kier alpha value is -1.96. The van der Waals surface area contributed by atoms with Crippen molar-refractivity contribution in [1.29, 1.82) is 0 Å². The lowest BCUT2D eigenvalue weighted by Gasteiger charge is -2.35. The van der Waals surface area contributed by atoms with Crippen LogP contribution >= 0.6 is 0 Å². The van der Waals surface area contributed by atoms with E-state index in [9.17, 15) is 13.2 Å². The quantitative estimate of drug-likeness (QED) is 0.674. The molecule has 7 heteroatoms. The molecule has 2 heterocycles. The smallest absolute Gasteiger partial charge is 0.243 e. The number of carbonyl (C=O) groups excluding carboxylic acids is 1. The van der Waals surface area contributed by atoms with Gasteiger partial charge in [-0.15, -0.1) is 0 Å². The first kappa shape index (κ1) is 23.8. The summed E-state index contributed by atoms with van der Waals surface area (Å²) in [6.45, 7) is 4.17. The highest BCUT2D eigenvalue weighted by Crippen LogP contribution is 2.28. The molecule has 0 unspecified atom stereocenters. The second-order valence-electron chi connectivity index (χ2n) is 10.4. The second-order valence-corrected chi connectivity index (χ2v) is 12.4. The van der Waals surface area contributed by atoms with E-state index >= 15 is 0 Å². The fourth-order valence-electron chi connectivity index (χ4n) is 5.97. The van der Waals surface area contributed by atoms with E-state index < -0.39 is 10.0 Å². The number of fused-ring (bicyclic) bond motifs is 1. The number of likely N-dealkylation sites (tertiary alicyclic amines) is 1. The molecule has 2 aromatic carbocycles. The third-order valence-electron chi connectivity index (χ3n) is 8.11. The Kier molecular flexibility index (Phi) is 7.23. The molecule has 0 aromatic heterocycles. The minimum absolute atomic E-state index is 0.0976. The predicted octanol–water partition coefficient (Wildman–Crippen LogP) is 4.01. The van der Waals surface area contributed by atoms with Gasteiger partial charge in [-0.05, 0) is 67.3 Å². The Balaban J connectivity index is 1.10. The fourth-order valence-corrected chi connectivity index (χ4v) is 7.48. The van der Waals surface area contributed by atoms with E-state index in [4.69, 9.17) is 0 Å². The molecular formula is C27H37N3O3S. The fraction of sp³-hybridized carbons (Fsp3) is 0.593. The number of nitrogens with one attached hydrogen (secondary N) is 1. The number of rotatable bonds is 6. The van der Waals surface area contributed by atoms with E-state index in [2.05, 4.69) is 10.2 Å². The molecule has 3 aliphatic rings. The van der Waals surface area contributed by atoms with Crippen LogP contribution in [0.15, 0.2) is 47.4 Å². The molecule has 2 aliphatic heterocycles. The molecule has 0 radical (unpaired) electrons. The van der Waals surface area contributed by atoms with Crippen molar-refractivity contribution >= 4 is 26.7 Å². The van der Waals surface area contributed by atoms with Crippen LogP contribution < -0.4 is 5.32 Å². The molecule has 0 bridgehead atoms. The third-order valence-corrected chi connectivity index (χ3v) is 10.0. The standard InChI is InChI=1S/C27H37N3O3S/c31-27(28-25-13-15-29(16-14-25)20-21-5-1-2-6-21)23-11-17-30(18-12-23)34(32,33)26-10-9-22-7-3-4-8-24(22)19-26/h3-4,7-10,19,21,23,25H,1-2,5-6,11-18,20H2,(H,28,31). The Labute approximate surface area is 203 Å². The highest BCUT2D eigenvalue weighted by atomic mass is 32.2. The molecule has 5 rings (SSSR count). The molecule has 2 aromatic rings. The molecule has 1 saturated carbocycles. The Morgan fingerprint density at radius 3 is 2.24 bits per heavy atom. The maximum atomic E-state index is 13.2. The Morgan fingerprint density at radius 1 is 0.853 bits per heavy atom. The van der Waals surface area contributed by atoms with E-state index in [1.807, 2.05) is 30.3 Å². The van der Waals surface area contributed by atoms with Crippen molar-refractivity contribution in [3.05, 3.63) is 42.5 Å². The second kappa shape index (κ2) is 10.3. The molecular weight excluding hydrogens is 446 g/mol. The van der Waals surface area contributed by atoms with E-state index in [0.29, 0.717) is 30.8 Å². The zero-order chi connectivity index (χ0) is 23.5. The lowest BCUT2D eigenvalue weighted by molar-refractivity contribution is -0.127. The minimum atomic E-state index is -3.55. The first-order valence-electron chi connectivity index (χ1n) is 13.0. The van der Waals surface area contributed by atoms with Gasteiger partial charge in [0.1, 0.15) is 0 Å². The summed E-state index contributed by atoms with van der Waals surface area (Å²) in [5.74, 6) is 0.888. The van der Waals surface area contributed by atoms with Crippen LogP contribution in [0.25, 0.3) is 10.8 Å². The van der Waals surface area contributed by atoms with Crippen LogP contribution in [0, 0.1) is 11.8 Å². The maximum Gasteiger partial charge on any atom is 0.243 e. The number of hydrogen-bond acceptors (Lipinski definition) is 4. The summed E-state index contributed by atoms with van der Waals surface area (Å²) in [5, 5.41) is 5.23. The van der Waals surface area contributed by atoms with Crippen molar-refractivity contribution in [1.82, 2.24) is 14.5 Å². The van der Waals surface area contributed by atoms with Gasteiger partial charge in [-0.2, -0.15) is 4.31 Å². The van der Waals surface area contributed by atoms with Crippen LogP contribution in [0.5, 0.6) is 0 Å². The molecule has 3 fully saturated rings. The number of carbonyl (C=O) groups is 1. The topological polar surface area (TPSA) is 69.7 Å². The normalized spacial score (nSPS) is 22.4. The van der Waals surface area contributed by atoms with Crippen LogP contribution in [0.3, 0.4) is 0 Å². The van der Waals surface area contributed by atoms with Crippen molar-refractivity contribution in [2.45, 2.75) is 62.3 Å². The summed E-state index contributed by atoms with van der Waals surface area (Å²) in [5.41, 5.74) is 0. The highest BCUT2D eigenvalue weighted by Gasteiger charge is 2.33. The molecule has 1 N–H and O–H groups in total. The van der Waals surface area contributed by atoms with Gasteiger partial charge in [0.15, 0.2) is 0 Å². The number of benzene rings is 2. The molecule has 34 heavy (non-hydrogen) atoms. The van der Waals surface area contributed by atoms with E-state index in [0.717, 1.165) is 42.6 Å². The van der Waals surface area contributed by atoms with Crippen LogP contribution in [0.1, 0.15) is 51.4 Å². The Morgan fingerprint density at radius 2 is 1.53 bits per heavy atom. The molecule has 6 nitrogen and oxygen atoms in total. The van der Waals surface area contributed by atoms with Crippen LogP contribution in [0.2, 0.25) is 0 Å². The van der Waals surface area contributed by atoms with Gasteiger partial charge in [0, 0.05) is 44.7 Å². The summed E-state index contributed by atoms with van der Waals surface area (Å²) in [4.78, 5) is 15.8. The van der Waals surface area contributed by atoms with Gasteiger partial charge in [-0.1, -0.05) is 43.2 Å². The molecule has 1 amide bonds. The predicted molar refractivity (Wildman–Crippen MR) is 135 cm³/mol. The van der Waals surface area contributed by atoms with Gasteiger partial charge in [-0.3, -0.25) is 4.79 Å². The van der Waals surface area contributed by atoms with Gasteiger partial charge in [0.2, 0.25) is 15.9 Å². The van der Waals surface area contributed by atoms with Gasteiger partial charge < -0.3 is 10.2 Å². The number of sulfonamides is 1. The Bertz CT molecular complexity index is 1100. The number of hydrogen-bond donors (Lipinski definition) is 1. The van der Waals surface area contributed by atoms with E-state index in [-0.39, 0.29) is 17.9 Å². The van der Waals surface area contributed by atoms with E-state index in [1.54, 1.807) is 16.4 Å². The molecule has 0 spiro atoms. The zero-order valence-corrected chi connectivity index (χ0v) is 20.8. The number of piperidine rings is 2. The maximum absolute atomic E-state index is 13.2. The van der Waals surface area contributed by atoms with Gasteiger partial charge in [0.05, 0.1) is 4.90 Å². The average Bonchev–Trinajstić information content (AvgIpc) is 3.38. The van der Waals surface area contributed by atoms with Gasteiger partial charge in [0.25, 0.3) is 0 Å². The van der Waals surface area contributed by atoms with Crippen molar-refractivity contribution < 1.29 is 13.2 Å². The monoisotopic (exact) mass is 483 g/mol. The largest absolute Gasteiger partial charge is 0.353 e. The molecule has 184 valence electrons. The summed E-state index contributed by atoms with van der Waals surface area (Å²) >= 11 is 0. The van der Waals surface area contributed by atoms with Crippen LogP contribution in [-0.2, 0) is 14.8 Å². The molecule has 0 atom stereocenters. The van der Waals surface area contributed by atoms with Crippen molar-refractivity contribution in [2.24, 2.45) is 11.8 Å². The average molecular weight is 484 g/mol. The molecule has 2 saturated heterocycles. The first-order chi connectivity index (χ1) is 16.5. The highest BCUT2D eigenvalue weighted by molar-refractivity contribution is 7.89. The van der Waals surface area contributed by atoms with Crippen molar-refractivity contribution in [3.8, 4) is 0 Å². The van der Waals surface area contributed by atoms with E-state index in [1.165, 1.54) is 32.2 Å². The molecule has 1 aliphatic carbocycles. The first-order valence-corrected chi connectivity index (χ1v) is 14.4. The zero-order valence-electron chi connectivity index (χ0n) is 20.0. The number of amides is 1. The van der Waals surface area contributed by atoms with Gasteiger partial charge in [-0.25, -0.2) is 8.42 Å². The van der Waals surface area contributed by atoms with Crippen LogP contribution in [-0.4, -0.2) is 62.3 Å². The van der Waals surface area contributed by atoms with Gasteiger partial charge >= 0.3 is 0 Å². The summed E-state index contributed by atoms with van der Waals surface area (Å²) in [6, 6.07) is 13.3.